The second-order valence-corrected chi connectivity index (χ2v) is 4.89. The zero-order valence-electron chi connectivity index (χ0n) is 11.8. The van der Waals surface area contributed by atoms with Crippen LogP contribution < -0.4 is 10.6 Å². The Bertz CT molecular complexity index is 679. The molecule has 0 fully saturated rings. The first kappa shape index (κ1) is 15.5. The fraction of sp³-hybridized carbons (Fsp3) is 0.357. The summed E-state index contributed by atoms with van der Waals surface area (Å²) in [7, 11) is 0. The van der Waals surface area contributed by atoms with Gasteiger partial charge in [-0.1, -0.05) is 11.6 Å². The molecule has 2 aromatic heterocycles. The van der Waals surface area contributed by atoms with Gasteiger partial charge in [0.1, 0.15) is 5.56 Å². The topological polar surface area (TPSA) is 71.3 Å². The molecule has 2 N–H and O–H groups in total. The number of halogens is 1. The molecule has 3 rings (SSSR count). The van der Waals surface area contributed by atoms with Crippen LogP contribution in [0.25, 0.3) is 5.65 Å². The smallest absolute Gasteiger partial charge is 0.257 e. The van der Waals surface area contributed by atoms with Gasteiger partial charge in [-0.3, -0.25) is 4.79 Å². The van der Waals surface area contributed by atoms with Crippen LogP contribution >= 0.6 is 12.4 Å². The molecule has 0 aliphatic carbocycles. The first-order valence-corrected chi connectivity index (χ1v) is 6.72. The molecule has 0 saturated carbocycles. The number of hydrogen-bond donors (Lipinski definition) is 2. The van der Waals surface area contributed by atoms with Gasteiger partial charge in [-0.05, 0) is 26.0 Å². The predicted octanol–water partition coefficient (Wildman–Crippen LogP) is 1.11. The fourth-order valence-electron chi connectivity index (χ4n) is 2.24. The van der Waals surface area contributed by atoms with Gasteiger partial charge in [0, 0.05) is 25.0 Å². The third-order valence-corrected chi connectivity index (χ3v) is 3.39. The minimum Gasteiger partial charge on any atom is -0.348 e. The number of hydrogen-bond acceptors (Lipinski definition) is 4. The molecule has 0 aromatic carbocycles. The zero-order valence-corrected chi connectivity index (χ0v) is 12.6. The van der Waals surface area contributed by atoms with Crippen molar-refractivity contribution in [2.75, 3.05) is 19.6 Å². The van der Waals surface area contributed by atoms with E-state index in [4.69, 9.17) is 0 Å². The molecule has 2 aromatic rings. The molecule has 0 spiro atoms. The van der Waals surface area contributed by atoms with Crippen molar-refractivity contribution in [1.29, 1.82) is 0 Å². The lowest BCUT2D eigenvalue weighted by atomic mass is 10.1. The minimum absolute atomic E-state index is 0. The van der Waals surface area contributed by atoms with Crippen molar-refractivity contribution in [3.8, 4) is 0 Å². The Morgan fingerprint density at radius 2 is 2.38 bits per heavy atom. The summed E-state index contributed by atoms with van der Waals surface area (Å²) >= 11 is 0. The van der Waals surface area contributed by atoms with Gasteiger partial charge >= 0.3 is 0 Å². The van der Waals surface area contributed by atoms with Crippen LogP contribution in [0.3, 0.4) is 0 Å². The van der Waals surface area contributed by atoms with E-state index in [0.717, 1.165) is 25.2 Å². The monoisotopic (exact) mass is 307 g/mol. The van der Waals surface area contributed by atoms with Gasteiger partial charge < -0.3 is 10.6 Å². The second-order valence-electron chi connectivity index (χ2n) is 4.89. The highest BCUT2D eigenvalue weighted by atomic mass is 35.5. The van der Waals surface area contributed by atoms with Crippen molar-refractivity contribution in [1.82, 2.24) is 25.2 Å². The molecule has 7 heteroatoms. The SMILES string of the molecule is Cc1ccn2ncc(C(=O)NCC3=CCNCC3)c2n1.Cl. The Morgan fingerprint density at radius 3 is 3.14 bits per heavy atom. The number of nitrogens with zero attached hydrogens (tertiary/aromatic N) is 3. The molecule has 0 saturated heterocycles. The Balaban J connectivity index is 0.00000161. The van der Waals surface area contributed by atoms with Gasteiger partial charge in [-0.25, -0.2) is 9.50 Å². The van der Waals surface area contributed by atoms with E-state index in [1.807, 2.05) is 19.2 Å². The third kappa shape index (κ3) is 3.40. The minimum atomic E-state index is -0.127. The molecule has 1 aliphatic heterocycles. The quantitative estimate of drug-likeness (QED) is 0.833. The molecule has 21 heavy (non-hydrogen) atoms. The Morgan fingerprint density at radius 1 is 1.52 bits per heavy atom. The van der Waals surface area contributed by atoms with Crippen LogP contribution in [-0.2, 0) is 0 Å². The molecule has 3 heterocycles. The summed E-state index contributed by atoms with van der Waals surface area (Å²) in [6.45, 7) is 4.33. The van der Waals surface area contributed by atoms with Crippen LogP contribution in [0.4, 0.5) is 0 Å². The maximum atomic E-state index is 12.2. The fourth-order valence-corrected chi connectivity index (χ4v) is 2.24. The van der Waals surface area contributed by atoms with E-state index in [1.165, 1.54) is 5.57 Å². The van der Waals surface area contributed by atoms with Crippen LogP contribution in [0.2, 0.25) is 0 Å². The first-order valence-electron chi connectivity index (χ1n) is 6.72. The maximum Gasteiger partial charge on any atom is 0.257 e. The van der Waals surface area contributed by atoms with Crippen LogP contribution in [-0.4, -0.2) is 40.1 Å². The van der Waals surface area contributed by atoms with E-state index in [-0.39, 0.29) is 18.3 Å². The highest BCUT2D eigenvalue weighted by Crippen LogP contribution is 2.09. The first-order chi connectivity index (χ1) is 9.74. The van der Waals surface area contributed by atoms with Gasteiger partial charge in [-0.15, -0.1) is 12.4 Å². The van der Waals surface area contributed by atoms with Crippen LogP contribution in [0.5, 0.6) is 0 Å². The van der Waals surface area contributed by atoms with Gasteiger partial charge in [-0.2, -0.15) is 5.10 Å². The molecular formula is C14H18ClN5O. The van der Waals surface area contributed by atoms with E-state index in [0.29, 0.717) is 17.8 Å². The molecule has 1 amide bonds. The standard InChI is InChI=1S/C14H17N5O.ClH/c1-10-4-7-19-13(18-10)12(9-17-19)14(20)16-8-11-2-5-15-6-3-11;/h2,4,7,9,15H,3,5-6,8H2,1H3,(H,16,20);1H. The molecular weight excluding hydrogens is 290 g/mol. The molecule has 6 nitrogen and oxygen atoms in total. The van der Waals surface area contributed by atoms with Gasteiger partial charge in [0.25, 0.3) is 5.91 Å². The van der Waals surface area contributed by atoms with Crippen LogP contribution in [0, 0.1) is 6.92 Å². The Labute approximate surface area is 129 Å². The van der Waals surface area contributed by atoms with Crippen LogP contribution in [0.1, 0.15) is 22.5 Å². The number of nitrogens with one attached hydrogen (secondary N) is 2. The maximum absolute atomic E-state index is 12.2. The normalized spacial score (nSPS) is 14.4. The van der Waals surface area contributed by atoms with Crippen molar-refractivity contribution >= 4 is 24.0 Å². The number of carbonyl (C=O) groups is 1. The van der Waals surface area contributed by atoms with E-state index >= 15 is 0 Å². The molecule has 1 aliphatic rings. The third-order valence-electron chi connectivity index (χ3n) is 3.39. The van der Waals surface area contributed by atoms with Crippen LogP contribution in [0.15, 0.2) is 30.1 Å². The van der Waals surface area contributed by atoms with E-state index in [2.05, 4.69) is 26.8 Å². The number of carbonyl (C=O) groups excluding carboxylic acids is 1. The van der Waals surface area contributed by atoms with Crippen molar-refractivity contribution in [2.45, 2.75) is 13.3 Å². The van der Waals surface area contributed by atoms with E-state index < -0.39 is 0 Å². The molecule has 112 valence electrons. The zero-order chi connectivity index (χ0) is 13.9. The molecule has 0 unspecified atom stereocenters. The summed E-state index contributed by atoms with van der Waals surface area (Å²) in [5.74, 6) is -0.127. The lowest BCUT2D eigenvalue weighted by Crippen LogP contribution is -2.29. The summed E-state index contributed by atoms with van der Waals surface area (Å²) in [5, 5.41) is 10.3. The molecule has 0 radical (unpaired) electrons. The highest BCUT2D eigenvalue weighted by molar-refractivity contribution is 5.99. The number of aromatic nitrogens is 3. The lowest BCUT2D eigenvalue weighted by Gasteiger charge is -2.14. The summed E-state index contributed by atoms with van der Waals surface area (Å²) < 4.78 is 1.62. The highest BCUT2D eigenvalue weighted by Gasteiger charge is 2.14. The number of amides is 1. The van der Waals surface area contributed by atoms with Gasteiger partial charge in [0.15, 0.2) is 5.65 Å². The predicted molar refractivity (Wildman–Crippen MR) is 82.9 cm³/mol. The van der Waals surface area contributed by atoms with Gasteiger partial charge in [0.05, 0.1) is 6.20 Å². The number of aryl methyl sites for hydroxylation is 1. The summed E-state index contributed by atoms with van der Waals surface area (Å²) in [4.78, 5) is 16.6. The average Bonchev–Trinajstić information content (AvgIpc) is 2.89. The number of rotatable bonds is 3. The largest absolute Gasteiger partial charge is 0.348 e. The Kier molecular flexibility index (Phi) is 4.93. The number of fused-ring (bicyclic) bond motifs is 1. The van der Waals surface area contributed by atoms with Gasteiger partial charge in [0.2, 0.25) is 0 Å². The summed E-state index contributed by atoms with van der Waals surface area (Å²) in [5.41, 5.74) is 3.25. The summed E-state index contributed by atoms with van der Waals surface area (Å²) in [6.07, 6.45) is 6.48. The van der Waals surface area contributed by atoms with E-state index in [9.17, 15) is 4.79 Å². The van der Waals surface area contributed by atoms with Crippen molar-refractivity contribution in [2.24, 2.45) is 0 Å². The van der Waals surface area contributed by atoms with Crippen molar-refractivity contribution in [3.63, 3.8) is 0 Å². The van der Waals surface area contributed by atoms with Crippen molar-refractivity contribution < 1.29 is 4.79 Å². The Hall–Kier alpha value is -1.92. The second kappa shape index (κ2) is 6.69. The molecule has 0 bridgehead atoms. The molecule has 0 atom stereocenters. The van der Waals surface area contributed by atoms with E-state index in [1.54, 1.807) is 10.7 Å². The lowest BCUT2D eigenvalue weighted by molar-refractivity contribution is 0.0958. The summed E-state index contributed by atoms with van der Waals surface area (Å²) in [6, 6.07) is 1.86. The van der Waals surface area contributed by atoms with Crippen molar-refractivity contribution in [3.05, 3.63) is 41.4 Å². The average molecular weight is 308 g/mol.